The number of imide groups is 1. The van der Waals surface area contributed by atoms with Gasteiger partial charge in [0.25, 0.3) is 5.91 Å². The number of likely N-dealkylation sites (N-methyl/N-ethyl adjacent to an activating group) is 1. The number of carbonyl (C=O) groups is 2. The zero-order chi connectivity index (χ0) is 18.6. The van der Waals surface area contributed by atoms with Gasteiger partial charge in [-0.15, -0.1) is 6.58 Å². The third kappa shape index (κ3) is 2.16. The molecule has 2 unspecified atom stereocenters. The van der Waals surface area contributed by atoms with Crippen molar-refractivity contribution in [3.63, 3.8) is 0 Å². The minimum Gasteiger partial charge on any atom is -0.302 e. The first-order chi connectivity index (χ1) is 12.4. The van der Waals surface area contributed by atoms with Gasteiger partial charge in [0.05, 0.1) is 0 Å². The smallest absolute Gasteiger partial charge is 0.302 e. The molecule has 1 fully saturated rings. The lowest BCUT2D eigenvalue weighted by atomic mass is 10.1. The molecule has 3 heterocycles. The Morgan fingerprint density at radius 2 is 1.88 bits per heavy atom. The fraction of sp³-hybridized carbons (Fsp3) is 0.316. The molecule has 134 valence electrons. The number of urea groups is 1. The van der Waals surface area contributed by atoms with Crippen LogP contribution in [0.3, 0.4) is 0 Å². The molecule has 0 aliphatic carbocycles. The van der Waals surface area contributed by atoms with Crippen LogP contribution >= 0.6 is 0 Å². The summed E-state index contributed by atoms with van der Waals surface area (Å²) >= 11 is 0. The van der Waals surface area contributed by atoms with Crippen molar-refractivity contribution in [3.8, 4) is 0 Å². The number of fused-ring (bicyclic) bond motifs is 3. The quantitative estimate of drug-likeness (QED) is 0.783. The van der Waals surface area contributed by atoms with Crippen LogP contribution in [0.15, 0.2) is 53.8 Å². The maximum Gasteiger partial charge on any atom is 0.328 e. The number of nitrogens with zero attached hydrogens (tertiary/aromatic N) is 5. The van der Waals surface area contributed by atoms with Gasteiger partial charge < -0.3 is 9.80 Å². The number of hydrogen-bond acceptors (Lipinski definition) is 5. The number of anilines is 1. The van der Waals surface area contributed by atoms with Gasteiger partial charge >= 0.3 is 6.03 Å². The highest BCUT2D eigenvalue weighted by molar-refractivity contribution is 6.09. The molecule has 3 aliphatic rings. The number of aryl methyl sites for hydroxylation is 1. The Bertz CT molecular complexity index is 857. The number of hydrogen-bond donors (Lipinski definition) is 0. The van der Waals surface area contributed by atoms with Crippen molar-refractivity contribution < 1.29 is 9.59 Å². The molecule has 0 N–H and O–H groups in total. The van der Waals surface area contributed by atoms with E-state index in [9.17, 15) is 9.59 Å². The normalized spacial score (nSPS) is 24.6. The molecule has 7 heteroatoms. The van der Waals surface area contributed by atoms with Crippen LogP contribution in [0.4, 0.5) is 10.5 Å². The Balaban J connectivity index is 1.73. The summed E-state index contributed by atoms with van der Waals surface area (Å²) in [4.78, 5) is 36.8. The summed E-state index contributed by atoms with van der Waals surface area (Å²) < 4.78 is 0. The molecule has 26 heavy (non-hydrogen) atoms. The van der Waals surface area contributed by atoms with Crippen LogP contribution in [-0.2, 0) is 4.79 Å². The maximum absolute atomic E-state index is 13.0. The molecule has 4 rings (SSSR count). The number of amides is 3. The minimum atomic E-state index is -0.543. The van der Waals surface area contributed by atoms with E-state index in [-0.39, 0.29) is 18.5 Å². The monoisotopic (exact) mass is 351 g/mol. The SMILES string of the molecule is C=CCN1C(=O)C2C(N=C3N(c4ccc(C)cc4)C(C)=CN32)N(C)C1=O. The zero-order valence-electron chi connectivity index (χ0n) is 15.1. The summed E-state index contributed by atoms with van der Waals surface area (Å²) in [5.41, 5.74) is 3.14. The molecule has 0 bridgehead atoms. The number of rotatable bonds is 3. The van der Waals surface area contributed by atoms with E-state index in [1.165, 1.54) is 15.4 Å². The van der Waals surface area contributed by atoms with Gasteiger partial charge in [-0.05, 0) is 26.0 Å². The van der Waals surface area contributed by atoms with E-state index in [2.05, 4.69) is 6.58 Å². The van der Waals surface area contributed by atoms with Crippen LogP contribution in [0.25, 0.3) is 0 Å². The second-order valence-electron chi connectivity index (χ2n) is 6.77. The molecule has 0 aromatic heterocycles. The number of aliphatic imine (C=N–C) groups is 1. The molecule has 1 aromatic carbocycles. The van der Waals surface area contributed by atoms with Crippen molar-refractivity contribution in [2.45, 2.75) is 26.1 Å². The lowest BCUT2D eigenvalue weighted by Gasteiger charge is -2.39. The van der Waals surface area contributed by atoms with Gasteiger partial charge in [0.15, 0.2) is 12.2 Å². The molecule has 2 atom stereocenters. The predicted molar refractivity (Wildman–Crippen MR) is 99.3 cm³/mol. The van der Waals surface area contributed by atoms with Crippen molar-refractivity contribution in [3.05, 3.63) is 54.4 Å². The third-order valence-corrected chi connectivity index (χ3v) is 4.99. The molecule has 0 saturated carbocycles. The first-order valence-electron chi connectivity index (χ1n) is 8.54. The van der Waals surface area contributed by atoms with Gasteiger partial charge in [0, 0.05) is 31.2 Å². The maximum atomic E-state index is 13.0. The molecule has 3 aliphatic heterocycles. The first kappa shape index (κ1) is 16.4. The van der Waals surface area contributed by atoms with Crippen molar-refractivity contribution in [2.24, 2.45) is 4.99 Å². The molecule has 0 spiro atoms. The van der Waals surface area contributed by atoms with Gasteiger partial charge in [-0.1, -0.05) is 23.8 Å². The fourth-order valence-electron chi connectivity index (χ4n) is 3.66. The van der Waals surface area contributed by atoms with Crippen LogP contribution in [0.5, 0.6) is 0 Å². The van der Waals surface area contributed by atoms with Crippen LogP contribution in [0.2, 0.25) is 0 Å². The van der Waals surface area contributed by atoms with E-state index in [1.54, 1.807) is 13.1 Å². The Labute approximate surface area is 152 Å². The average Bonchev–Trinajstić information content (AvgIpc) is 3.12. The highest BCUT2D eigenvalue weighted by Gasteiger charge is 2.54. The van der Waals surface area contributed by atoms with Crippen molar-refractivity contribution in [2.75, 3.05) is 18.5 Å². The second-order valence-corrected chi connectivity index (χ2v) is 6.77. The van der Waals surface area contributed by atoms with Crippen molar-refractivity contribution in [1.82, 2.24) is 14.7 Å². The Hall–Kier alpha value is -3.09. The van der Waals surface area contributed by atoms with E-state index in [1.807, 2.05) is 54.1 Å². The lowest BCUT2D eigenvalue weighted by molar-refractivity contribution is -0.136. The summed E-state index contributed by atoms with van der Waals surface area (Å²) in [6.45, 7) is 7.86. The number of benzene rings is 1. The molecule has 7 nitrogen and oxygen atoms in total. The average molecular weight is 351 g/mol. The zero-order valence-corrected chi connectivity index (χ0v) is 15.1. The van der Waals surface area contributed by atoms with Gasteiger partial charge in [0.2, 0.25) is 5.96 Å². The number of allylic oxidation sites excluding steroid dienone is 1. The Kier molecular flexibility index (Phi) is 3.61. The molecule has 0 radical (unpaired) electrons. The Morgan fingerprint density at radius 3 is 2.54 bits per heavy atom. The topological polar surface area (TPSA) is 59.5 Å². The minimum absolute atomic E-state index is 0.193. The largest absolute Gasteiger partial charge is 0.328 e. The van der Waals surface area contributed by atoms with Gasteiger partial charge in [-0.25, -0.2) is 9.79 Å². The lowest BCUT2D eigenvalue weighted by Crippen LogP contribution is -2.64. The summed E-state index contributed by atoms with van der Waals surface area (Å²) in [6, 6.07) is 7.26. The van der Waals surface area contributed by atoms with Crippen molar-refractivity contribution in [1.29, 1.82) is 0 Å². The van der Waals surface area contributed by atoms with E-state index >= 15 is 0 Å². The summed E-state index contributed by atoms with van der Waals surface area (Å²) in [5, 5.41) is 0. The molecule has 1 aromatic rings. The van der Waals surface area contributed by atoms with E-state index in [0.717, 1.165) is 11.4 Å². The van der Waals surface area contributed by atoms with Gasteiger partial charge in [-0.3, -0.25) is 14.6 Å². The predicted octanol–water partition coefficient (Wildman–Crippen LogP) is 2.12. The molecule has 1 saturated heterocycles. The van der Waals surface area contributed by atoms with E-state index in [0.29, 0.717) is 5.96 Å². The number of guanidine groups is 1. The van der Waals surface area contributed by atoms with Crippen molar-refractivity contribution >= 4 is 23.6 Å². The highest BCUT2D eigenvalue weighted by atomic mass is 16.2. The van der Waals surface area contributed by atoms with Crippen LogP contribution in [-0.4, -0.2) is 58.4 Å². The summed E-state index contributed by atoms with van der Waals surface area (Å²) in [7, 11) is 1.68. The van der Waals surface area contributed by atoms with Gasteiger partial charge in [-0.2, -0.15) is 0 Å². The molecular formula is C19H21N5O2. The number of carbonyl (C=O) groups excluding carboxylic acids is 2. The standard InChI is InChI=1S/C19H21N5O2/c1-5-10-22-17(25)15-16(21(4)19(22)26)20-18-23(15)11-13(3)24(18)14-8-6-12(2)7-9-14/h5-9,11,15-16H,1,10H2,2-4H3. The summed E-state index contributed by atoms with van der Waals surface area (Å²) in [6.07, 6.45) is 2.96. The van der Waals surface area contributed by atoms with E-state index in [4.69, 9.17) is 4.99 Å². The fourth-order valence-corrected chi connectivity index (χ4v) is 3.66. The molecular weight excluding hydrogens is 330 g/mol. The van der Waals surface area contributed by atoms with E-state index < -0.39 is 12.2 Å². The molecule has 3 amide bonds. The van der Waals surface area contributed by atoms with Gasteiger partial charge in [0.1, 0.15) is 0 Å². The van der Waals surface area contributed by atoms with Crippen LogP contribution < -0.4 is 4.90 Å². The first-order valence-corrected chi connectivity index (χ1v) is 8.54. The third-order valence-electron chi connectivity index (χ3n) is 4.99. The summed E-state index contributed by atoms with van der Waals surface area (Å²) in [5.74, 6) is 0.432. The second kappa shape index (κ2) is 5.72. The van der Waals surface area contributed by atoms with Crippen LogP contribution in [0.1, 0.15) is 12.5 Å². The highest BCUT2D eigenvalue weighted by Crippen LogP contribution is 2.36. The Morgan fingerprint density at radius 1 is 1.19 bits per heavy atom. The van der Waals surface area contributed by atoms with Crippen LogP contribution in [0, 0.1) is 6.92 Å².